The molecular formula is C15H15BrN6O. The Balaban J connectivity index is 1.68. The van der Waals surface area contributed by atoms with Crippen LogP contribution in [0.4, 0.5) is 0 Å². The van der Waals surface area contributed by atoms with E-state index in [1.807, 2.05) is 24.9 Å². The van der Waals surface area contributed by atoms with E-state index in [0.717, 1.165) is 22.5 Å². The lowest BCUT2D eigenvalue weighted by atomic mass is 10.2. The molecule has 3 aromatic rings. The molecule has 1 atom stereocenters. The van der Waals surface area contributed by atoms with Gasteiger partial charge in [0, 0.05) is 43.4 Å². The van der Waals surface area contributed by atoms with Crippen LogP contribution in [0.25, 0.3) is 5.65 Å². The molecule has 1 unspecified atom stereocenters. The molecule has 0 aromatic carbocycles. The first-order valence-electron chi connectivity index (χ1n) is 7.38. The summed E-state index contributed by atoms with van der Waals surface area (Å²) in [7, 11) is 0. The third kappa shape index (κ3) is 2.24. The van der Waals surface area contributed by atoms with Gasteiger partial charge >= 0.3 is 0 Å². The summed E-state index contributed by atoms with van der Waals surface area (Å²) in [4.78, 5) is 23.4. The minimum absolute atomic E-state index is 0.0746. The van der Waals surface area contributed by atoms with E-state index in [0.29, 0.717) is 17.9 Å². The highest BCUT2D eigenvalue weighted by atomic mass is 79.9. The Morgan fingerprint density at radius 2 is 2.13 bits per heavy atom. The van der Waals surface area contributed by atoms with Crippen LogP contribution in [0, 0.1) is 6.92 Å². The SMILES string of the molecule is Cc1cnc2n1CCN(C(=O)c1cc3ncc(Br)cn3n1)C2C. The number of rotatable bonds is 1. The van der Waals surface area contributed by atoms with Crippen LogP contribution in [0.2, 0.25) is 0 Å². The van der Waals surface area contributed by atoms with Gasteiger partial charge in [0.2, 0.25) is 0 Å². The Labute approximate surface area is 141 Å². The second kappa shape index (κ2) is 5.16. The fraction of sp³-hybridized carbons (Fsp3) is 0.333. The van der Waals surface area contributed by atoms with E-state index >= 15 is 0 Å². The van der Waals surface area contributed by atoms with Gasteiger partial charge in [0.15, 0.2) is 11.3 Å². The van der Waals surface area contributed by atoms with Gasteiger partial charge in [-0.2, -0.15) is 5.10 Å². The molecule has 23 heavy (non-hydrogen) atoms. The summed E-state index contributed by atoms with van der Waals surface area (Å²) >= 11 is 3.36. The number of halogens is 1. The summed E-state index contributed by atoms with van der Waals surface area (Å²) in [6.07, 6.45) is 5.33. The van der Waals surface area contributed by atoms with Crippen molar-refractivity contribution < 1.29 is 4.79 Å². The van der Waals surface area contributed by atoms with Crippen molar-refractivity contribution in [3.63, 3.8) is 0 Å². The van der Waals surface area contributed by atoms with Gasteiger partial charge in [0.25, 0.3) is 5.91 Å². The van der Waals surface area contributed by atoms with Gasteiger partial charge in [-0.05, 0) is 29.8 Å². The van der Waals surface area contributed by atoms with Crippen molar-refractivity contribution in [1.82, 2.24) is 29.0 Å². The molecule has 0 bridgehead atoms. The third-order valence-corrected chi connectivity index (χ3v) is 4.66. The molecule has 0 radical (unpaired) electrons. The fourth-order valence-corrected chi connectivity index (χ4v) is 3.32. The summed E-state index contributed by atoms with van der Waals surface area (Å²) in [6, 6.07) is 1.64. The summed E-state index contributed by atoms with van der Waals surface area (Å²) in [5, 5.41) is 4.35. The average Bonchev–Trinajstić information content (AvgIpc) is 3.11. The number of amides is 1. The lowest BCUT2D eigenvalue weighted by molar-refractivity contribution is 0.0630. The number of fused-ring (bicyclic) bond motifs is 2. The first kappa shape index (κ1) is 14.4. The largest absolute Gasteiger partial charge is 0.329 e. The summed E-state index contributed by atoms with van der Waals surface area (Å²) in [5.41, 5.74) is 2.18. The van der Waals surface area contributed by atoms with Gasteiger partial charge in [-0.25, -0.2) is 14.5 Å². The molecule has 0 fully saturated rings. The Morgan fingerprint density at radius 3 is 2.96 bits per heavy atom. The van der Waals surface area contributed by atoms with Crippen molar-refractivity contribution in [3.8, 4) is 0 Å². The molecular weight excluding hydrogens is 360 g/mol. The minimum Gasteiger partial charge on any atom is -0.329 e. The normalized spacial score (nSPS) is 17.5. The van der Waals surface area contributed by atoms with Crippen molar-refractivity contribution in [2.24, 2.45) is 0 Å². The van der Waals surface area contributed by atoms with Gasteiger partial charge in [0.05, 0.1) is 10.5 Å². The van der Waals surface area contributed by atoms with Gasteiger partial charge in [-0.15, -0.1) is 0 Å². The molecule has 7 nitrogen and oxygen atoms in total. The molecule has 0 spiro atoms. The first-order chi connectivity index (χ1) is 11.0. The van der Waals surface area contributed by atoms with E-state index < -0.39 is 0 Å². The Bertz CT molecular complexity index is 914. The molecule has 1 amide bonds. The smallest absolute Gasteiger partial charge is 0.275 e. The number of carbonyl (C=O) groups excluding carboxylic acids is 1. The maximum absolute atomic E-state index is 12.9. The van der Waals surface area contributed by atoms with Crippen LogP contribution in [0.1, 0.15) is 35.0 Å². The molecule has 0 aliphatic carbocycles. The van der Waals surface area contributed by atoms with Crippen molar-refractivity contribution >= 4 is 27.5 Å². The van der Waals surface area contributed by atoms with Crippen molar-refractivity contribution in [2.45, 2.75) is 26.4 Å². The highest BCUT2D eigenvalue weighted by molar-refractivity contribution is 9.10. The van der Waals surface area contributed by atoms with Crippen LogP contribution in [0.3, 0.4) is 0 Å². The molecule has 0 saturated carbocycles. The van der Waals surface area contributed by atoms with E-state index in [-0.39, 0.29) is 11.9 Å². The lowest BCUT2D eigenvalue weighted by Gasteiger charge is -2.33. The van der Waals surface area contributed by atoms with E-state index in [9.17, 15) is 4.79 Å². The maximum Gasteiger partial charge on any atom is 0.275 e. The van der Waals surface area contributed by atoms with E-state index in [2.05, 4.69) is 35.6 Å². The number of carbonyl (C=O) groups is 1. The zero-order chi connectivity index (χ0) is 16.1. The van der Waals surface area contributed by atoms with Crippen LogP contribution < -0.4 is 0 Å². The first-order valence-corrected chi connectivity index (χ1v) is 8.18. The lowest BCUT2D eigenvalue weighted by Crippen LogP contribution is -2.41. The number of hydrogen-bond acceptors (Lipinski definition) is 4. The van der Waals surface area contributed by atoms with E-state index in [1.54, 1.807) is 23.0 Å². The predicted octanol–water partition coefficient (Wildman–Crippen LogP) is 2.21. The van der Waals surface area contributed by atoms with Crippen molar-refractivity contribution in [1.29, 1.82) is 0 Å². The second-order valence-corrected chi connectivity index (χ2v) is 6.60. The highest BCUT2D eigenvalue weighted by Crippen LogP contribution is 2.26. The molecule has 8 heteroatoms. The zero-order valence-electron chi connectivity index (χ0n) is 12.8. The van der Waals surface area contributed by atoms with Gasteiger partial charge < -0.3 is 9.47 Å². The van der Waals surface area contributed by atoms with Gasteiger partial charge in [-0.1, -0.05) is 0 Å². The number of aryl methyl sites for hydroxylation is 1. The van der Waals surface area contributed by atoms with Crippen LogP contribution in [-0.4, -0.2) is 41.5 Å². The number of hydrogen-bond donors (Lipinski definition) is 0. The Kier molecular flexibility index (Phi) is 3.22. The number of nitrogens with zero attached hydrogens (tertiary/aromatic N) is 6. The van der Waals surface area contributed by atoms with Gasteiger partial charge in [0.1, 0.15) is 5.82 Å². The van der Waals surface area contributed by atoms with E-state index in [4.69, 9.17) is 0 Å². The second-order valence-electron chi connectivity index (χ2n) is 5.69. The molecule has 0 N–H and O–H groups in total. The molecule has 4 heterocycles. The summed E-state index contributed by atoms with van der Waals surface area (Å²) < 4.78 is 4.59. The quantitative estimate of drug-likeness (QED) is 0.654. The monoisotopic (exact) mass is 374 g/mol. The predicted molar refractivity (Wildman–Crippen MR) is 87.1 cm³/mol. The number of aromatic nitrogens is 5. The van der Waals surface area contributed by atoms with Crippen molar-refractivity contribution in [3.05, 3.63) is 46.3 Å². The zero-order valence-corrected chi connectivity index (χ0v) is 14.4. The average molecular weight is 375 g/mol. The summed E-state index contributed by atoms with van der Waals surface area (Å²) in [6.45, 7) is 5.44. The van der Waals surface area contributed by atoms with Gasteiger partial charge in [-0.3, -0.25) is 4.79 Å². The van der Waals surface area contributed by atoms with Crippen LogP contribution in [0.15, 0.2) is 29.1 Å². The van der Waals surface area contributed by atoms with Crippen LogP contribution in [0.5, 0.6) is 0 Å². The molecule has 1 aliphatic heterocycles. The molecule has 0 saturated heterocycles. The molecule has 118 valence electrons. The van der Waals surface area contributed by atoms with E-state index in [1.165, 1.54) is 0 Å². The Hall–Kier alpha value is -2.22. The van der Waals surface area contributed by atoms with Crippen LogP contribution in [-0.2, 0) is 6.54 Å². The van der Waals surface area contributed by atoms with Crippen LogP contribution >= 0.6 is 15.9 Å². The molecule has 4 rings (SSSR count). The third-order valence-electron chi connectivity index (χ3n) is 4.25. The fourth-order valence-electron chi connectivity index (χ4n) is 3.03. The number of imidazole rings is 1. The molecule has 3 aromatic heterocycles. The summed E-state index contributed by atoms with van der Waals surface area (Å²) in [5.74, 6) is 0.831. The maximum atomic E-state index is 12.9. The Morgan fingerprint density at radius 1 is 1.30 bits per heavy atom. The highest BCUT2D eigenvalue weighted by Gasteiger charge is 2.31. The molecule has 1 aliphatic rings. The minimum atomic E-state index is -0.0916. The topological polar surface area (TPSA) is 68.3 Å². The standard InChI is InChI=1S/C15H15BrN6O/c1-9-6-18-14-10(2)21(4-3-20(9)14)15(23)12-5-13-17-7-11(16)8-22(13)19-12/h5-8,10H,3-4H2,1-2H3. The van der Waals surface area contributed by atoms with Crippen molar-refractivity contribution in [2.75, 3.05) is 6.54 Å².